The Morgan fingerprint density at radius 3 is 2.13 bits per heavy atom. The summed E-state index contributed by atoms with van der Waals surface area (Å²) < 4.78 is 5.55. The van der Waals surface area contributed by atoms with Crippen LogP contribution in [0, 0.1) is 6.92 Å². The number of piperazine rings is 2. The Bertz CT molecular complexity index is 1720. The van der Waals surface area contributed by atoms with E-state index in [9.17, 15) is 19.2 Å². The summed E-state index contributed by atoms with van der Waals surface area (Å²) in [4.78, 5) is 58.8. The molecule has 0 saturated carbocycles. The van der Waals surface area contributed by atoms with Crippen LogP contribution in [0.5, 0.6) is 0 Å². The largest absolute Gasteiger partial charge is 0.451 e. The number of benzene rings is 3. The average molecular weight is 644 g/mol. The highest BCUT2D eigenvalue weighted by Gasteiger charge is 2.27. The third kappa shape index (κ3) is 8.13. The van der Waals surface area contributed by atoms with Gasteiger partial charge in [0.1, 0.15) is 5.58 Å². The monoisotopic (exact) mass is 643 g/mol. The zero-order valence-corrected chi connectivity index (χ0v) is 26.8. The van der Waals surface area contributed by atoms with Crippen molar-refractivity contribution in [2.45, 2.75) is 6.92 Å². The Morgan fingerprint density at radius 2 is 1.43 bits per heavy atom. The zero-order valence-electron chi connectivity index (χ0n) is 26.1. The maximum Gasteiger partial charge on any atom is 0.287 e. The van der Waals surface area contributed by atoms with E-state index in [1.54, 1.807) is 29.2 Å². The molecule has 3 amide bonds. The van der Waals surface area contributed by atoms with Gasteiger partial charge in [-0.15, -0.1) is 0 Å². The summed E-state index contributed by atoms with van der Waals surface area (Å²) >= 11 is 5.61. The minimum Gasteiger partial charge on any atom is -0.451 e. The molecule has 10 nitrogen and oxygen atoms in total. The van der Waals surface area contributed by atoms with Gasteiger partial charge in [0.25, 0.3) is 11.8 Å². The smallest absolute Gasteiger partial charge is 0.287 e. The molecule has 46 heavy (non-hydrogen) atoms. The van der Waals surface area contributed by atoms with Crippen molar-refractivity contribution in [2.24, 2.45) is 0 Å². The van der Waals surface area contributed by atoms with Crippen molar-refractivity contribution in [3.05, 3.63) is 111 Å². The summed E-state index contributed by atoms with van der Waals surface area (Å²) in [6.07, 6.45) is 0. The lowest BCUT2D eigenvalue weighted by Gasteiger charge is -2.38. The fraction of sp³-hybridized carbons (Fsp3) is 0.314. The summed E-state index contributed by atoms with van der Waals surface area (Å²) in [5, 5.41) is 3.76. The van der Waals surface area contributed by atoms with E-state index < -0.39 is 5.91 Å². The van der Waals surface area contributed by atoms with Crippen molar-refractivity contribution < 1.29 is 18.8 Å². The number of fused-ring (bicyclic) bond motifs is 1. The maximum atomic E-state index is 13.3. The number of hydrogen-bond acceptors (Lipinski definition) is 7. The molecule has 2 saturated heterocycles. The van der Waals surface area contributed by atoms with Gasteiger partial charge in [-0.3, -0.25) is 19.2 Å². The van der Waals surface area contributed by atoms with E-state index >= 15 is 0 Å². The number of carbonyl (C=O) groups is 3. The number of hydrogen-bond donors (Lipinski definition) is 1. The summed E-state index contributed by atoms with van der Waals surface area (Å²) in [6.45, 7) is 7.06. The Kier molecular flexibility index (Phi) is 10.7. The predicted octanol–water partition coefficient (Wildman–Crippen LogP) is 3.91. The predicted molar refractivity (Wildman–Crippen MR) is 180 cm³/mol. The third-order valence-corrected chi connectivity index (χ3v) is 8.42. The van der Waals surface area contributed by atoms with Gasteiger partial charge in [-0.05, 0) is 50.4 Å². The number of rotatable bonds is 5. The molecule has 0 spiro atoms. The van der Waals surface area contributed by atoms with Gasteiger partial charge in [-0.1, -0.05) is 53.6 Å². The van der Waals surface area contributed by atoms with Crippen LogP contribution in [0.4, 0.5) is 5.69 Å². The molecule has 0 atom stereocenters. The van der Waals surface area contributed by atoms with Crippen molar-refractivity contribution in [3.8, 4) is 0 Å². The maximum absolute atomic E-state index is 13.3. The fourth-order valence-corrected chi connectivity index (χ4v) is 5.54. The summed E-state index contributed by atoms with van der Waals surface area (Å²) in [5.41, 5.74) is 2.81. The van der Waals surface area contributed by atoms with Gasteiger partial charge < -0.3 is 29.3 Å². The standard InChI is InChI=1S/C28H31N5O5.C7H7Cl/c1-30-10-12-33(13-11-30)28(37)20-6-2-4-8-22(20)31-14-16-32(17-15-31)26(35)19-29-27(36)25-18-23(34)21-7-3-5-9-24(21)38-25;1-6-2-4-7(8)5-3-6/h2-9,18H,10-17,19H2,1H3,(H,29,36);2-5H,1H3. The Hall–Kier alpha value is -4.67. The van der Waals surface area contributed by atoms with Crippen LogP contribution in [0.15, 0.2) is 88.1 Å². The molecule has 0 aliphatic carbocycles. The lowest BCUT2D eigenvalue weighted by Crippen LogP contribution is -2.52. The first-order valence-corrected chi connectivity index (χ1v) is 15.7. The van der Waals surface area contributed by atoms with Gasteiger partial charge >= 0.3 is 0 Å². The van der Waals surface area contributed by atoms with Crippen LogP contribution in [0.2, 0.25) is 5.02 Å². The molecule has 3 heterocycles. The second-order valence-corrected chi connectivity index (χ2v) is 11.9. The van der Waals surface area contributed by atoms with Crippen LogP contribution in [0.3, 0.4) is 0 Å². The third-order valence-electron chi connectivity index (χ3n) is 8.17. The Balaban J connectivity index is 0.000000455. The molecule has 6 rings (SSSR count). The first-order chi connectivity index (χ1) is 22.2. The van der Waals surface area contributed by atoms with Crippen LogP contribution in [-0.2, 0) is 4.79 Å². The molecule has 2 fully saturated rings. The number of nitrogens with zero attached hydrogens (tertiary/aromatic N) is 4. The molecule has 1 aromatic heterocycles. The molecular weight excluding hydrogens is 606 g/mol. The van der Waals surface area contributed by atoms with E-state index in [4.69, 9.17) is 16.0 Å². The molecule has 11 heteroatoms. The van der Waals surface area contributed by atoms with Crippen LogP contribution >= 0.6 is 11.6 Å². The number of anilines is 1. The number of para-hydroxylation sites is 2. The first kappa shape index (κ1) is 32.7. The van der Waals surface area contributed by atoms with Gasteiger partial charge in [-0.2, -0.15) is 0 Å². The molecule has 2 aliphatic heterocycles. The second kappa shape index (κ2) is 15.1. The van der Waals surface area contributed by atoms with Crippen molar-refractivity contribution in [3.63, 3.8) is 0 Å². The Morgan fingerprint density at radius 1 is 0.804 bits per heavy atom. The van der Waals surface area contributed by atoms with Gasteiger partial charge in [0.05, 0.1) is 17.5 Å². The quantitative estimate of drug-likeness (QED) is 0.352. The van der Waals surface area contributed by atoms with Gasteiger partial charge in [0.2, 0.25) is 5.91 Å². The first-order valence-electron chi connectivity index (χ1n) is 15.3. The highest BCUT2D eigenvalue weighted by Crippen LogP contribution is 2.24. The van der Waals surface area contributed by atoms with E-state index in [1.807, 2.05) is 60.4 Å². The highest BCUT2D eigenvalue weighted by atomic mass is 35.5. The number of nitrogens with one attached hydrogen (secondary N) is 1. The lowest BCUT2D eigenvalue weighted by atomic mass is 10.1. The van der Waals surface area contributed by atoms with E-state index in [2.05, 4.69) is 22.2 Å². The summed E-state index contributed by atoms with van der Waals surface area (Å²) in [5.74, 6) is -0.928. The molecule has 0 bridgehead atoms. The van der Waals surface area contributed by atoms with Crippen molar-refractivity contribution >= 4 is 46.0 Å². The van der Waals surface area contributed by atoms with Crippen LogP contribution in [0.1, 0.15) is 26.5 Å². The minimum absolute atomic E-state index is 0.0373. The van der Waals surface area contributed by atoms with Crippen molar-refractivity contribution in [2.75, 3.05) is 70.9 Å². The molecule has 0 radical (unpaired) electrons. The molecule has 240 valence electrons. The lowest BCUT2D eigenvalue weighted by molar-refractivity contribution is -0.130. The summed E-state index contributed by atoms with van der Waals surface area (Å²) in [7, 11) is 2.06. The zero-order chi connectivity index (χ0) is 32.6. The van der Waals surface area contributed by atoms with E-state index in [1.165, 1.54) is 5.56 Å². The summed E-state index contributed by atoms with van der Waals surface area (Å²) in [6, 6.07) is 23.2. The highest BCUT2D eigenvalue weighted by molar-refractivity contribution is 6.30. The van der Waals surface area contributed by atoms with Crippen LogP contribution < -0.4 is 15.6 Å². The van der Waals surface area contributed by atoms with E-state index in [-0.39, 0.29) is 29.5 Å². The van der Waals surface area contributed by atoms with E-state index in [0.717, 1.165) is 29.9 Å². The second-order valence-electron chi connectivity index (χ2n) is 11.4. The molecule has 4 aromatic rings. The van der Waals surface area contributed by atoms with Crippen LogP contribution in [0.25, 0.3) is 11.0 Å². The van der Waals surface area contributed by atoms with E-state index in [0.29, 0.717) is 55.8 Å². The Labute approximate surface area is 273 Å². The normalized spacial score (nSPS) is 15.2. The molecule has 1 N–H and O–H groups in total. The topological polar surface area (TPSA) is 106 Å². The number of carbonyl (C=O) groups excluding carboxylic acids is 3. The average Bonchev–Trinajstić information content (AvgIpc) is 3.08. The molecule has 3 aromatic carbocycles. The fourth-order valence-electron chi connectivity index (χ4n) is 5.41. The molecule has 2 aliphatic rings. The SMILES string of the molecule is CN1CCN(C(=O)c2ccccc2N2CCN(C(=O)CNC(=O)c3cc(=O)c4ccccc4o3)CC2)CC1.Cc1ccc(Cl)cc1. The molecular formula is C35H38ClN5O5. The number of amides is 3. The van der Waals surface area contributed by atoms with Crippen LogP contribution in [-0.4, -0.2) is 98.4 Å². The van der Waals surface area contributed by atoms with Gasteiger partial charge in [-0.25, -0.2) is 0 Å². The number of halogens is 1. The minimum atomic E-state index is -0.615. The number of likely N-dealkylation sites (N-methyl/N-ethyl adjacent to an activating group) is 1. The van der Waals surface area contributed by atoms with Gasteiger partial charge in [0.15, 0.2) is 11.2 Å². The van der Waals surface area contributed by atoms with Crippen molar-refractivity contribution in [1.29, 1.82) is 0 Å². The molecule has 0 unspecified atom stereocenters. The number of aryl methyl sites for hydroxylation is 1. The van der Waals surface area contributed by atoms with Crippen molar-refractivity contribution in [1.82, 2.24) is 20.0 Å². The van der Waals surface area contributed by atoms with Gasteiger partial charge in [0, 0.05) is 69.1 Å².